The van der Waals surface area contributed by atoms with Crippen LogP contribution in [-0.2, 0) is 0 Å². The number of H-pyrrole nitrogens is 1. The zero-order valence-corrected chi connectivity index (χ0v) is 12.5. The minimum absolute atomic E-state index is 0.0402. The van der Waals surface area contributed by atoms with Gasteiger partial charge in [0.25, 0.3) is 0 Å². The van der Waals surface area contributed by atoms with Crippen molar-refractivity contribution in [3.8, 4) is 34.2 Å². The fourth-order valence-corrected chi connectivity index (χ4v) is 2.29. The normalized spacial score (nSPS) is 10.7. The molecule has 3 aromatic heterocycles. The van der Waals surface area contributed by atoms with Crippen LogP contribution in [0.4, 0.5) is 5.82 Å². The van der Waals surface area contributed by atoms with Gasteiger partial charge in [-0.1, -0.05) is 30.3 Å². The molecule has 0 aliphatic heterocycles. The highest BCUT2D eigenvalue weighted by atomic mass is 15.2. The van der Waals surface area contributed by atoms with Crippen molar-refractivity contribution in [2.24, 2.45) is 0 Å². The van der Waals surface area contributed by atoms with E-state index in [-0.39, 0.29) is 5.82 Å². The molecule has 3 heterocycles. The van der Waals surface area contributed by atoms with E-state index >= 15 is 0 Å². The number of benzene rings is 1. The van der Waals surface area contributed by atoms with Gasteiger partial charge in [-0.15, -0.1) is 0 Å². The van der Waals surface area contributed by atoms with Gasteiger partial charge in [-0.25, -0.2) is 15.0 Å². The van der Waals surface area contributed by atoms with Crippen molar-refractivity contribution in [2.75, 3.05) is 0 Å². The first kappa shape index (κ1) is 14.0. The second-order valence-corrected chi connectivity index (χ2v) is 5.07. The second kappa shape index (κ2) is 5.88. The van der Waals surface area contributed by atoms with Crippen LogP contribution < -0.4 is 5.73 Å². The third-order valence-electron chi connectivity index (χ3n) is 3.47. The SMILES string of the molecule is [NH]c1ncc(-c2cccnc2)nc1-c1nc(-c2ccccc2)n[nH]1. The number of hydrogen-bond acceptors (Lipinski definition) is 5. The van der Waals surface area contributed by atoms with Gasteiger partial charge in [0, 0.05) is 23.5 Å². The quantitative estimate of drug-likeness (QED) is 0.626. The maximum Gasteiger partial charge on any atom is 0.181 e. The molecule has 0 unspecified atom stereocenters. The Bertz CT molecular complexity index is 965. The maximum absolute atomic E-state index is 8.00. The molecule has 1 radical (unpaired) electrons. The molecule has 0 spiro atoms. The van der Waals surface area contributed by atoms with Gasteiger partial charge in [0.1, 0.15) is 0 Å². The van der Waals surface area contributed by atoms with Crippen LogP contribution in [0.1, 0.15) is 0 Å². The van der Waals surface area contributed by atoms with Crippen molar-refractivity contribution in [3.05, 3.63) is 61.1 Å². The molecule has 1 aromatic carbocycles. The standard InChI is InChI=1S/C17H12N7/c18-15-14(21-13(10-20-15)12-7-4-8-19-9-12)17-22-16(23-24-17)11-5-2-1-3-6-11/h1-10,18H,(H,22,23,24). The molecule has 0 aliphatic carbocycles. The van der Waals surface area contributed by atoms with Crippen LogP contribution in [0, 0.1) is 0 Å². The largest absolute Gasteiger partial charge is 0.281 e. The van der Waals surface area contributed by atoms with Crippen molar-refractivity contribution in [2.45, 2.75) is 0 Å². The first-order chi connectivity index (χ1) is 11.8. The molecule has 4 aromatic rings. The highest BCUT2D eigenvalue weighted by molar-refractivity contribution is 5.68. The summed E-state index contributed by atoms with van der Waals surface area (Å²) in [6.07, 6.45) is 4.95. The van der Waals surface area contributed by atoms with Crippen LogP contribution in [0.25, 0.3) is 34.2 Å². The second-order valence-electron chi connectivity index (χ2n) is 5.07. The predicted molar refractivity (Wildman–Crippen MR) is 88.8 cm³/mol. The van der Waals surface area contributed by atoms with Gasteiger partial charge in [0.15, 0.2) is 23.2 Å². The summed E-state index contributed by atoms with van der Waals surface area (Å²) in [5.74, 6) is 1.01. The van der Waals surface area contributed by atoms with Gasteiger partial charge in [-0.3, -0.25) is 15.8 Å². The lowest BCUT2D eigenvalue weighted by molar-refractivity contribution is 1.08. The number of nitrogens with zero attached hydrogens (tertiary/aromatic N) is 5. The molecule has 0 amide bonds. The minimum atomic E-state index is 0.0402. The summed E-state index contributed by atoms with van der Waals surface area (Å²) in [5, 5.41) is 7.05. The van der Waals surface area contributed by atoms with E-state index in [2.05, 4.69) is 30.1 Å². The van der Waals surface area contributed by atoms with Crippen LogP contribution in [0.5, 0.6) is 0 Å². The van der Waals surface area contributed by atoms with E-state index in [1.807, 2.05) is 42.5 Å². The van der Waals surface area contributed by atoms with E-state index in [1.165, 1.54) is 0 Å². The Morgan fingerprint density at radius 2 is 1.71 bits per heavy atom. The Morgan fingerprint density at radius 1 is 0.875 bits per heavy atom. The van der Waals surface area contributed by atoms with Crippen LogP contribution in [0.3, 0.4) is 0 Å². The predicted octanol–water partition coefficient (Wildman–Crippen LogP) is 2.91. The molecule has 115 valence electrons. The molecule has 0 saturated heterocycles. The number of aromatic amines is 1. The summed E-state index contributed by atoms with van der Waals surface area (Å²) >= 11 is 0. The van der Waals surface area contributed by atoms with E-state index in [0.717, 1.165) is 11.1 Å². The van der Waals surface area contributed by atoms with Crippen LogP contribution in [0.15, 0.2) is 61.1 Å². The molecule has 0 bridgehead atoms. The molecule has 0 atom stereocenters. The first-order valence-electron chi connectivity index (χ1n) is 7.28. The van der Waals surface area contributed by atoms with Gasteiger partial charge in [0.2, 0.25) is 0 Å². The van der Waals surface area contributed by atoms with Crippen LogP contribution in [0.2, 0.25) is 0 Å². The van der Waals surface area contributed by atoms with E-state index in [9.17, 15) is 0 Å². The fourth-order valence-electron chi connectivity index (χ4n) is 2.29. The Hall–Kier alpha value is -3.61. The number of rotatable bonds is 3. The summed E-state index contributed by atoms with van der Waals surface area (Å²) in [7, 11) is 0. The van der Waals surface area contributed by atoms with Crippen molar-refractivity contribution in [1.29, 1.82) is 0 Å². The van der Waals surface area contributed by atoms with Gasteiger partial charge >= 0.3 is 0 Å². The third-order valence-corrected chi connectivity index (χ3v) is 3.47. The third kappa shape index (κ3) is 2.58. The average Bonchev–Trinajstić information content (AvgIpc) is 3.13. The number of aromatic nitrogens is 6. The van der Waals surface area contributed by atoms with Crippen molar-refractivity contribution >= 4 is 5.82 Å². The molecular formula is C17H12N7. The Morgan fingerprint density at radius 3 is 2.50 bits per heavy atom. The van der Waals surface area contributed by atoms with E-state index < -0.39 is 0 Å². The average molecular weight is 314 g/mol. The van der Waals surface area contributed by atoms with Crippen molar-refractivity contribution < 1.29 is 0 Å². The fraction of sp³-hybridized carbons (Fsp3) is 0. The lowest BCUT2D eigenvalue weighted by Gasteiger charge is -2.03. The number of hydrogen-bond donors (Lipinski definition) is 1. The van der Waals surface area contributed by atoms with Gasteiger partial charge in [-0.05, 0) is 12.1 Å². The van der Waals surface area contributed by atoms with Gasteiger partial charge in [-0.2, -0.15) is 5.10 Å². The minimum Gasteiger partial charge on any atom is -0.281 e. The van der Waals surface area contributed by atoms with Crippen LogP contribution >= 0.6 is 0 Å². The summed E-state index contributed by atoms with van der Waals surface area (Å²) < 4.78 is 0. The Labute approximate surface area is 137 Å². The topological polar surface area (TPSA) is 104 Å². The van der Waals surface area contributed by atoms with E-state index in [0.29, 0.717) is 23.0 Å². The first-order valence-corrected chi connectivity index (χ1v) is 7.28. The Balaban J connectivity index is 1.76. The summed E-state index contributed by atoms with van der Waals surface area (Å²) in [6.45, 7) is 0. The highest BCUT2D eigenvalue weighted by Crippen LogP contribution is 2.25. The zero-order chi connectivity index (χ0) is 16.4. The maximum atomic E-state index is 8.00. The van der Waals surface area contributed by atoms with Crippen LogP contribution in [-0.4, -0.2) is 30.1 Å². The Kier molecular flexibility index (Phi) is 3.43. The van der Waals surface area contributed by atoms with Gasteiger partial charge in [0.05, 0.1) is 11.9 Å². The summed E-state index contributed by atoms with van der Waals surface area (Å²) in [5.41, 5.74) is 10.7. The zero-order valence-electron chi connectivity index (χ0n) is 12.5. The number of pyridine rings is 1. The molecule has 7 nitrogen and oxygen atoms in total. The van der Waals surface area contributed by atoms with E-state index in [1.54, 1.807) is 18.6 Å². The monoisotopic (exact) mass is 314 g/mol. The smallest absolute Gasteiger partial charge is 0.181 e. The molecule has 0 fully saturated rings. The van der Waals surface area contributed by atoms with E-state index in [4.69, 9.17) is 5.73 Å². The molecule has 0 saturated carbocycles. The summed E-state index contributed by atoms with van der Waals surface area (Å²) in [6, 6.07) is 13.3. The van der Waals surface area contributed by atoms with Gasteiger partial charge < -0.3 is 0 Å². The van der Waals surface area contributed by atoms with Crippen molar-refractivity contribution in [3.63, 3.8) is 0 Å². The molecular weight excluding hydrogens is 302 g/mol. The summed E-state index contributed by atoms with van der Waals surface area (Å²) in [4.78, 5) is 17.1. The molecule has 24 heavy (non-hydrogen) atoms. The molecule has 2 N–H and O–H groups in total. The lowest BCUT2D eigenvalue weighted by atomic mass is 10.2. The molecule has 4 rings (SSSR count). The lowest BCUT2D eigenvalue weighted by Crippen LogP contribution is -1.95. The highest BCUT2D eigenvalue weighted by Gasteiger charge is 2.14. The molecule has 7 heteroatoms. The number of nitrogens with one attached hydrogen (secondary N) is 2. The van der Waals surface area contributed by atoms with Crippen molar-refractivity contribution in [1.82, 2.24) is 35.9 Å². The molecule has 0 aliphatic rings.